The zero-order valence-electron chi connectivity index (χ0n) is 20.4. The van der Waals surface area contributed by atoms with E-state index in [0.717, 1.165) is 62.0 Å². The first-order valence-corrected chi connectivity index (χ1v) is 13.5. The lowest BCUT2D eigenvalue weighted by Gasteiger charge is -2.41. The molecule has 2 aromatic carbocycles. The fraction of sp³-hybridized carbons (Fsp3) is 0.393. The second-order valence-electron chi connectivity index (χ2n) is 9.43. The molecule has 36 heavy (non-hydrogen) atoms. The highest BCUT2D eigenvalue weighted by atomic mass is 32.2. The molecule has 0 radical (unpaired) electrons. The van der Waals surface area contributed by atoms with Gasteiger partial charge >= 0.3 is 0 Å². The van der Waals surface area contributed by atoms with E-state index >= 15 is 0 Å². The summed E-state index contributed by atoms with van der Waals surface area (Å²) in [6.07, 6.45) is 6.34. The fourth-order valence-corrected chi connectivity index (χ4v) is 6.00. The summed E-state index contributed by atoms with van der Waals surface area (Å²) >= 11 is 1.96. The van der Waals surface area contributed by atoms with Crippen molar-refractivity contribution in [1.29, 1.82) is 0 Å². The monoisotopic (exact) mass is 503 g/mol. The maximum absolute atomic E-state index is 8.58. The van der Waals surface area contributed by atoms with Crippen molar-refractivity contribution in [2.24, 2.45) is 5.73 Å². The third kappa shape index (κ3) is 5.82. The van der Waals surface area contributed by atoms with Gasteiger partial charge in [0.25, 0.3) is 0 Å². The molecule has 0 spiro atoms. The Labute approximate surface area is 216 Å². The summed E-state index contributed by atoms with van der Waals surface area (Å²) in [6.45, 7) is 3.25. The second-order valence-corrected chi connectivity index (χ2v) is 10.9. The van der Waals surface area contributed by atoms with Crippen LogP contribution in [0.4, 0.5) is 11.5 Å². The number of aromatic nitrogens is 2. The molecule has 3 aliphatic rings. The van der Waals surface area contributed by atoms with Crippen molar-refractivity contribution in [2.45, 2.75) is 47.8 Å². The number of carbonyl (C=O) groups is 1. The summed E-state index contributed by atoms with van der Waals surface area (Å²) in [5, 5.41) is 3.57. The molecular formula is C28H33N5O2S. The van der Waals surface area contributed by atoms with Crippen LogP contribution in [-0.4, -0.2) is 48.7 Å². The van der Waals surface area contributed by atoms with Crippen LogP contribution >= 0.6 is 11.8 Å². The van der Waals surface area contributed by atoms with Crippen LogP contribution in [0.1, 0.15) is 37.8 Å². The van der Waals surface area contributed by atoms with E-state index in [2.05, 4.69) is 76.6 Å². The molecule has 1 saturated heterocycles. The number of hydrogen-bond donors (Lipinski definition) is 2. The van der Waals surface area contributed by atoms with E-state index in [1.54, 1.807) is 0 Å². The first-order chi connectivity index (χ1) is 17.7. The van der Waals surface area contributed by atoms with Crippen LogP contribution in [0.25, 0.3) is 11.4 Å². The number of morpholine rings is 1. The fourth-order valence-electron chi connectivity index (χ4n) is 4.55. The molecule has 8 heteroatoms. The van der Waals surface area contributed by atoms with Gasteiger partial charge in [-0.1, -0.05) is 18.2 Å². The molecule has 188 valence electrons. The number of nitrogens with two attached hydrogens (primary N) is 1. The molecule has 2 heterocycles. The van der Waals surface area contributed by atoms with Crippen LogP contribution < -0.4 is 16.0 Å². The minimum Gasteiger partial charge on any atom is -0.382 e. The average Bonchev–Trinajstić information content (AvgIpc) is 3.72. The molecule has 1 aromatic heterocycles. The predicted octanol–water partition coefficient (Wildman–Crippen LogP) is 4.83. The molecule has 0 atom stereocenters. The number of benzene rings is 2. The van der Waals surface area contributed by atoms with Gasteiger partial charge in [0.1, 0.15) is 5.82 Å². The van der Waals surface area contributed by atoms with Gasteiger partial charge in [0.15, 0.2) is 5.82 Å². The Kier molecular flexibility index (Phi) is 7.72. The Morgan fingerprint density at radius 1 is 1.03 bits per heavy atom. The topological polar surface area (TPSA) is 93.4 Å². The van der Waals surface area contributed by atoms with Crippen LogP contribution in [0.15, 0.2) is 65.6 Å². The molecule has 7 nitrogen and oxygen atoms in total. The lowest BCUT2D eigenvalue weighted by molar-refractivity contribution is -0.106. The summed E-state index contributed by atoms with van der Waals surface area (Å²) in [4.78, 5) is 22.5. The van der Waals surface area contributed by atoms with Crippen molar-refractivity contribution < 1.29 is 9.53 Å². The Balaban J connectivity index is 0.000000848. The van der Waals surface area contributed by atoms with Crippen molar-refractivity contribution in [1.82, 2.24) is 9.97 Å². The molecule has 0 unspecified atom stereocenters. The average molecular weight is 504 g/mol. The first kappa shape index (κ1) is 24.6. The number of thioether (sulfide) groups is 1. The van der Waals surface area contributed by atoms with E-state index < -0.39 is 0 Å². The molecule has 3 N–H and O–H groups in total. The van der Waals surface area contributed by atoms with Gasteiger partial charge in [0.05, 0.1) is 23.7 Å². The smallest absolute Gasteiger partial charge is 0.204 e. The van der Waals surface area contributed by atoms with Crippen molar-refractivity contribution in [2.75, 3.05) is 36.5 Å². The van der Waals surface area contributed by atoms with Crippen molar-refractivity contribution in [3.05, 3.63) is 66.4 Å². The highest BCUT2D eigenvalue weighted by molar-refractivity contribution is 8.00. The highest BCUT2D eigenvalue weighted by Gasteiger charge is 2.42. The third-order valence-corrected chi connectivity index (χ3v) is 8.34. The predicted molar refractivity (Wildman–Crippen MR) is 145 cm³/mol. The zero-order chi connectivity index (χ0) is 24.8. The molecule has 2 aliphatic carbocycles. The molecule has 1 amide bonds. The van der Waals surface area contributed by atoms with E-state index in [1.807, 2.05) is 11.8 Å². The van der Waals surface area contributed by atoms with E-state index in [0.29, 0.717) is 6.04 Å². The van der Waals surface area contributed by atoms with Gasteiger partial charge in [-0.2, -0.15) is 0 Å². The summed E-state index contributed by atoms with van der Waals surface area (Å²) in [5.41, 5.74) is 7.59. The number of hydrogen-bond acceptors (Lipinski definition) is 7. The SMILES string of the molecule is NC=O.c1ccc(SC2(c3cc(N4CCOCC4)nc(-c4ccc(NC5CC5)cc4)n3)CCC2)cc1. The number of nitrogens with zero attached hydrogens (tertiary/aromatic N) is 3. The van der Waals surface area contributed by atoms with Gasteiger partial charge in [-0.05, 0) is 68.5 Å². The number of anilines is 2. The summed E-state index contributed by atoms with van der Waals surface area (Å²) in [7, 11) is 0. The van der Waals surface area contributed by atoms with Crippen LogP contribution in [-0.2, 0) is 14.3 Å². The number of primary amides is 1. The van der Waals surface area contributed by atoms with Gasteiger partial charge in [-0.3, -0.25) is 4.79 Å². The van der Waals surface area contributed by atoms with Crippen molar-refractivity contribution in [3.8, 4) is 11.4 Å². The quantitative estimate of drug-likeness (QED) is 0.446. The van der Waals surface area contributed by atoms with E-state index in [-0.39, 0.29) is 11.2 Å². The lowest BCUT2D eigenvalue weighted by atomic mass is 9.81. The van der Waals surface area contributed by atoms with E-state index in [4.69, 9.17) is 19.5 Å². The van der Waals surface area contributed by atoms with Gasteiger partial charge < -0.3 is 20.7 Å². The van der Waals surface area contributed by atoms with E-state index in [1.165, 1.54) is 29.8 Å². The molecule has 3 fully saturated rings. The minimum absolute atomic E-state index is 0.0214. The minimum atomic E-state index is 0.0214. The Hall–Kier alpha value is -3.10. The zero-order valence-corrected chi connectivity index (χ0v) is 21.3. The maximum Gasteiger partial charge on any atom is 0.204 e. The van der Waals surface area contributed by atoms with E-state index in [9.17, 15) is 0 Å². The number of amides is 1. The van der Waals surface area contributed by atoms with Gasteiger partial charge in [0, 0.05) is 41.3 Å². The molecular weight excluding hydrogens is 470 g/mol. The maximum atomic E-state index is 8.58. The lowest BCUT2D eigenvalue weighted by Crippen LogP contribution is -2.38. The molecule has 6 rings (SSSR count). The number of ether oxygens (including phenoxy) is 1. The summed E-state index contributed by atoms with van der Waals surface area (Å²) in [6, 6.07) is 22.3. The molecule has 2 saturated carbocycles. The second kappa shape index (κ2) is 11.3. The number of carbonyl (C=O) groups excluding carboxylic acids is 1. The standard InChI is InChI=1S/C27H30N4OS.CH3NO/c1-2-5-23(6-3-1)33-27(13-4-14-27)24-19-25(31-15-17-32-18-16-31)30-26(29-24)20-7-9-21(10-8-20)28-22-11-12-22;2-1-3/h1-3,5-10,19,22,28H,4,11-18H2;1H,(H2,2,3). The largest absolute Gasteiger partial charge is 0.382 e. The Morgan fingerprint density at radius 3 is 2.33 bits per heavy atom. The Morgan fingerprint density at radius 2 is 1.72 bits per heavy atom. The normalized spacial score (nSPS) is 18.4. The van der Waals surface area contributed by atoms with Crippen molar-refractivity contribution >= 4 is 29.7 Å². The summed E-state index contributed by atoms with van der Waals surface area (Å²) < 4.78 is 5.62. The van der Waals surface area contributed by atoms with Crippen LogP contribution in [0.2, 0.25) is 0 Å². The van der Waals surface area contributed by atoms with Crippen LogP contribution in [0.3, 0.4) is 0 Å². The summed E-state index contributed by atoms with van der Waals surface area (Å²) in [5.74, 6) is 1.85. The highest BCUT2D eigenvalue weighted by Crippen LogP contribution is 2.55. The van der Waals surface area contributed by atoms with Gasteiger partial charge in [0.2, 0.25) is 6.41 Å². The molecule has 0 bridgehead atoms. The molecule has 3 aromatic rings. The molecule has 1 aliphatic heterocycles. The van der Waals surface area contributed by atoms with Crippen LogP contribution in [0.5, 0.6) is 0 Å². The van der Waals surface area contributed by atoms with Gasteiger partial charge in [-0.15, -0.1) is 11.8 Å². The third-order valence-electron chi connectivity index (χ3n) is 6.82. The number of nitrogens with one attached hydrogen (secondary N) is 1. The Bertz CT molecular complexity index is 1140. The first-order valence-electron chi connectivity index (χ1n) is 12.7. The van der Waals surface area contributed by atoms with Crippen LogP contribution in [0, 0.1) is 0 Å². The van der Waals surface area contributed by atoms with Crippen molar-refractivity contribution in [3.63, 3.8) is 0 Å². The van der Waals surface area contributed by atoms with Gasteiger partial charge in [-0.25, -0.2) is 9.97 Å². The number of rotatable bonds is 7.